The summed E-state index contributed by atoms with van der Waals surface area (Å²) in [6.07, 6.45) is 42.0. The van der Waals surface area contributed by atoms with Crippen molar-refractivity contribution >= 4 is 5.97 Å². The van der Waals surface area contributed by atoms with Crippen molar-refractivity contribution < 1.29 is 9.90 Å². The number of carboxylic acid groups (broad SMARTS) is 1. The van der Waals surface area contributed by atoms with E-state index in [-0.39, 0.29) is 0 Å². The molecule has 1 N–H and O–H groups in total. The first-order chi connectivity index (χ1) is 16.8. The van der Waals surface area contributed by atoms with Gasteiger partial charge in [-0.05, 0) is 32.1 Å². The highest BCUT2D eigenvalue weighted by Crippen LogP contribution is 2.15. The van der Waals surface area contributed by atoms with E-state index in [2.05, 4.69) is 19.1 Å². The first-order valence-corrected chi connectivity index (χ1v) is 15.6. The number of allylic oxidation sites excluding steroid dienone is 2. The predicted octanol–water partition coefficient (Wildman–Crippen LogP) is 11.6. The molecular formula is C32H62O2. The highest BCUT2D eigenvalue weighted by atomic mass is 16.4. The Kier molecular flexibility index (Phi) is 29.5. The van der Waals surface area contributed by atoms with Crippen LogP contribution in [0.5, 0.6) is 0 Å². The van der Waals surface area contributed by atoms with Gasteiger partial charge >= 0.3 is 5.97 Å². The van der Waals surface area contributed by atoms with Crippen LogP contribution in [0, 0.1) is 0 Å². The average Bonchev–Trinajstić information content (AvgIpc) is 2.83. The van der Waals surface area contributed by atoms with E-state index in [9.17, 15) is 4.79 Å². The van der Waals surface area contributed by atoms with E-state index >= 15 is 0 Å². The topological polar surface area (TPSA) is 37.3 Å². The minimum atomic E-state index is -0.650. The number of rotatable bonds is 29. The number of unbranched alkanes of at least 4 members (excludes halogenated alkanes) is 25. The van der Waals surface area contributed by atoms with Crippen molar-refractivity contribution in [3.05, 3.63) is 12.2 Å². The normalized spacial score (nSPS) is 11.6. The quantitative estimate of drug-likeness (QED) is 0.0857. The van der Waals surface area contributed by atoms with Crippen molar-refractivity contribution in [1.82, 2.24) is 0 Å². The van der Waals surface area contributed by atoms with Gasteiger partial charge in [-0.1, -0.05) is 160 Å². The molecule has 0 aliphatic rings. The summed E-state index contributed by atoms with van der Waals surface area (Å²) >= 11 is 0. The molecule has 0 atom stereocenters. The van der Waals surface area contributed by atoms with E-state index in [0.29, 0.717) is 6.42 Å². The number of aliphatic carboxylic acids is 1. The van der Waals surface area contributed by atoms with E-state index in [1.807, 2.05) is 0 Å². The van der Waals surface area contributed by atoms with Gasteiger partial charge < -0.3 is 5.11 Å². The van der Waals surface area contributed by atoms with Gasteiger partial charge in [0.15, 0.2) is 0 Å². The molecule has 0 aliphatic carbocycles. The molecule has 0 aromatic rings. The van der Waals surface area contributed by atoms with Gasteiger partial charge in [0.05, 0.1) is 0 Å². The standard InChI is InChI=1S/C32H62O2/c1-2-3-4-5-6-7-8-9-10-11-12-13-14-15-16-17-18-19-20-21-22-23-24-25-26-27-28-29-30-31-32(33)34/h9-10H,2-8,11-31H2,1H3,(H,33,34)/b10-9-. The fraction of sp³-hybridized carbons (Fsp3) is 0.906. The van der Waals surface area contributed by atoms with Gasteiger partial charge in [-0.3, -0.25) is 4.79 Å². The minimum absolute atomic E-state index is 0.345. The molecule has 0 aromatic heterocycles. The molecule has 0 saturated heterocycles. The molecular weight excluding hydrogens is 416 g/mol. The van der Waals surface area contributed by atoms with Crippen LogP contribution in [0.2, 0.25) is 0 Å². The summed E-state index contributed by atoms with van der Waals surface area (Å²) < 4.78 is 0. The summed E-state index contributed by atoms with van der Waals surface area (Å²) in [4.78, 5) is 10.5. The Hall–Kier alpha value is -0.790. The Morgan fingerprint density at radius 1 is 0.441 bits per heavy atom. The molecule has 2 nitrogen and oxygen atoms in total. The van der Waals surface area contributed by atoms with Gasteiger partial charge in [0.1, 0.15) is 0 Å². The predicted molar refractivity (Wildman–Crippen MR) is 152 cm³/mol. The highest BCUT2D eigenvalue weighted by Gasteiger charge is 1.97. The van der Waals surface area contributed by atoms with Crippen LogP contribution >= 0.6 is 0 Å². The SMILES string of the molecule is CCCCCCCC/C=C\CCCCCCCCCCCCCCCCCCCCCC(=O)O. The van der Waals surface area contributed by atoms with Gasteiger partial charge in [-0.25, -0.2) is 0 Å². The maximum Gasteiger partial charge on any atom is 0.303 e. The summed E-state index contributed by atoms with van der Waals surface area (Å²) in [5.41, 5.74) is 0. The summed E-state index contributed by atoms with van der Waals surface area (Å²) in [5.74, 6) is -0.650. The minimum Gasteiger partial charge on any atom is -0.481 e. The van der Waals surface area contributed by atoms with Gasteiger partial charge in [0.2, 0.25) is 0 Å². The van der Waals surface area contributed by atoms with Crippen LogP contribution in [0.15, 0.2) is 12.2 Å². The van der Waals surface area contributed by atoms with Crippen molar-refractivity contribution in [2.45, 2.75) is 187 Å². The van der Waals surface area contributed by atoms with Crippen molar-refractivity contribution in [2.75, 3.05) is 0 Å². The molecule has 34 heavy (non-hydrogen) atoms. The smallest absolute Gasteiger partial charge is 0.303 e. The molecule has 0 saturated carbocycles. The summed E-state index contributed by atoms with van der Waals surface area (Å²) in [6, 6.07) is 0. The van der Waals surface area contributed by atoms with E-state index in [0.717, 1.165) is 12.8 Å². The van der Waals surface area contributed by atoms with Crippen LogP contribution in [0.25, 0.3) is 0 Å². The number of carbonyl (C=O) groups is 1. The van der Waals surface area contributed by atoms with Crippen molar-refractivity contribution in [3.63, 3.8) is 0 Å². The molecule has 0 rings (SSSR count). The third kappa shape index (κ3) is 31.2. The Labute approximate surface area is 214 Å². The Bertz CT molecular complexity index is 415. The van der Waals surface area contributed by atoms with Crippen LogP contribution in [0.3, 0.4) is 0 Å². The summed E-state index contributed by atoms with van der Waals surface area (Å²) in [6.45, 7) is 2.29. The highest BCUT2D eigenvalue weighted by molar-refractivity contribution is 5.66. The lowest BCUT2D eigenvalue weighted by Crippen LogP contribution is -1.93. The monoisotopic (exact) mass is 478 g/mol. The van der Waals surface area contributed by atoms with Crippen LogP contribution < -0.4 is 0 Å². The first kappa shape index (κ1) is 33.2. The summed E-state index contributed by atoms with van der Waals surface area (Å²) in [7, 11) is 0. The molecule has 0 aliphatic heterocycles. The Morgan fingerprint density at radius 3 is 1.00 bits per heavy atom. The number of hydrogen-bond donors (Lipinski definition) is 1. The second kappa shape index (κ2) is 30.2. The van der Waals surface area contributed by atoms with E-state index in [4.69, 9.17) is 5.11 Å². The molecule has 0 radical (unpaired) electrons. The number of hydrogen-bond acceptors (Lipinski definition) is 1. The summed E-state index contributed by atoms with van der Waals surface area (Å²) in [5, 5.41) is 8.61. The zero-order valence-corrected chi connectivity index (χ0v) is 23.3. The van der Waals surface area contributed by atoms with Crippen molar-refractivity contribution in [1.29, 1.82) is 0 Å². The van der Waals surface area contributed by atoms with Crippen LogP contribution in [0.4, 0.5) is 0 Å². The molecule has 0 fully saturated rings. The zero-order chi connectivity index (χ0) is 24.8. The maximum atomic E-state index is 10.5. The van der Waals surface area contributed by atoms with Gasteiger partial charge in [0, 0.05) is 6.42 Å². The molecule has 202 valence electrons. The molecule has 0 amide bonds. The van der Waals surface area contributed by atoms with Crippen LogP contribution in [-0.4, -0.2) is 11.1 Å². The second-order valence-electron chi connectivity index (χ2n) is 10.7. The van der Waals surface area contributed by atoms with E-state index < -0.39 is 5.97 Å². The molecule has 0 spiro atoms. The molecule has 0 heterocycles. The zero-order valence-electron chi connectivity index (χ0n) is 23.3. The Morgan fingerprint density at radius 2 is 0.706 bits per heavy atom. The lowest BCUT2D eigenvalue weighted by atomic mass is 10.0. The fourth-order valence-electron chi connectivity index (χ4n) is 4.82. The lowest BCUT2D eigenvalue weighted by molar-refractivity contribution is -0.137. The Balaban J connectivity index is 3.06. The molecule has 2 heteroatoms. The van der Waals surface area contributed by atoms with Gasteiger partial charge in [0.25, 0.3) is 0 Å². The van der Waals surface area contributed by atoms with Gasteiger partial charge in [-0.15, -0.1) is 0 Å². The van der Waals surface area contributed by atoms with E-state index in [1.165, 1.54) is 161 Å². The lowest BCUT2D eigenvalue weighted by Gasteiger charge is -2.04. The molecule has 0 unspecified atom stereocenters. The second-order valence-corrected chi connectivity index (χ2v) is 10.7. The first-order valence-electron chi connectivity index (χ1n) is 15.6. The third-order valence-corrected chi connectivity index (χ3v) is 7.15. The fourth-order valence-corrected chi connectivity index (χ4v) is 4.82. The van der Waals surface area contributed by atoms with Crippen LogP contribution in [-0.2, 0) is 4.79 Å². The van der Waals surface area contributed by atoms with E-state index in [1.54, 1.807) is 0 Å². The molecule has 0 aromatic carbocycles. The van der Waals surface area contributed by atoms with Crippen molar-refractivity contribution in [2.24, 2.45) is 0 Å². The maximum absolute atomic E-state index is 10.5. The third-order valence-electron chi connectivity index (χ3n) is 7.15. The average molecular weight is 479 g/mol. The molecule has 0 bridgehead atoms. The van der Waals surface area contributed by atoms with Crippen LogP contribution in [0.1, 0.15) is 187 Å². The number of carboxylic acids is 1. The van der Waals surface area contributed by atoms with Gasteiger partial charge in [-0.2, -0.15) is 0 Å². The largest absolute Gasteiger partial charge is 0.481 e. The van der Waals surface area contributed by atoms with Crippen molar-refractivity contribution in [3.8, 4) is 0 Å².